The quantitative estimate of drug-likeness (QED) is 0.160. The van der Waals surface area contributed by atoms with E-state index in [4.69, 9.17) is 4.74 Å². The van der Waals surface area contributed by atoms with Crippen LogP contribution in [0.2, 0.25) is 0 Å². The van der Waals surface area contributed by atoms with Gasteiger partial charge in [-0.25, -0.2) is 8.78 Å². The predicted molar refractivity (Wildman–Crippen MR) is 379 cm³/mol. The molecule has 5 aliphatic rings. The molecule has 2 aliphatic carbocycles. The molecular formula is C75H104F8N12O13. The van der Waals surface area contributed by atoms with Gasteiger partial charge in [0.1, 0.15) is 71.1 Å². The standard InChI is InChI=1S/C75H104F8N12O13/c1-14-44(5)62-70(105)89(9)42-60(98)90(10)53-24-17-16-20-33-94(69(53)104)57(37-45-25-28-48(29-26-45)74(78,79)80)68(103)88(8)41-58(96)84-52(30-27-46-35-50(76)61(51(77)36-46)75(81,82)83)66(101)95-40-49(108-15-2)38-55(95)65(100)86-73(31-21-32-73)72(107)93(13)63(47-22-18-19-23-47)71(106)92(12)56(67(102)87(6)7)39-59(97)91(11)54(34-43(3)4)64(99)85-62/h16-17,25-26,28-29,35-36,43-44,47,49,52-57,62-63H,14-15,18-24,27,30-34,37-42H2,1-13H3,(H,84,96)(H,85,99)(H,86,100)/b17-16-/t44-,49+,52-,53-,54-,55-,56-,57-,62-,63-/m0/s1. The topological polar surface area (TPSA) is 279 Å². The SMILES string of the molecule is CCO[C@@H]1C[C@H]2C(=O)NC3(CCC3)C(=O)N(C)[C@@H](C3CCCC3)C(=O)N(C)[C@H](C(=O)N(C)C)CC(=O)N(C)[C@@H](CC(C)C)C(=O)N[C@@H]([C@@H](C)CC)C(=O)N(C)CC(=O)N(C)[C@H]3C/C=C\CCN(C3=O)[C@@H](Cc3ccc(C(F)(F)F)cc3)C(=O)N(C)CC(=O)N[C@@H](CCc3cc(F)c(C(F)(F)F)c(F)c3)C(=O)N2C1. The van der Waals surface area contributed by atoms with Gasteiger partial charge in [0.15, 0.2) is 0 Å². The molecule has 2 aromatic carbocycles. The third kappa shape index (κ3) is 20.6. The monoisotopic (exact) mass is 1530 g/mol. The van der Waals surface area contributed by atoms with Gasteiger partial charge >= 0.3 is 12.4 Å². The molecule has 10 atom stereocenters. The summed E-state index contributed by atoms with van der Waals surface area (Å²) in [7, 11) is 10.7. The van der Waals surface area contributed by atoms with Gasteiger partial charge in [-0.2, -0.15) is 26.3 Å². The number of nitrogens with one attached hydrogen (secondary N) is 3. The first-order valence-corrected chi connectivity index (χ1v) is 36.8. The van der Waals surface area contributed by atoms with Gasteiger partial charge < -0.3 is 64.8 Å². The number of fused-ring (bicyclic) bond motifs is 3. The van der Waals surface area contributed by atoms with Crippen molar-refractivity contribution >= 4 is 70.9 Å². The number of ether oxygens (including phenoxy) is 1. The summed E-state index contributed by atoms with van der Waals surface area (Å²) in [5.74, 6) is -15.4. The Morgan fingerprint density at radius 3 is 1.84 bits per heavy atom. The molecular weight excluding hydrogens is 1430 g/mol. The van der Waals surface area contributed by atoms with E-state index >= 15 is 37.5 Å². The highest BCUT2D eigenvalue weighted by Crippen LogP contribution is 2.40. The molecule has 3 N–H and O–H groups in total. The smallest absolute Gasteiger partial charge is 0.377 e. The zero-order chi connectivity index (χ0) is 80.4. The van der Waals surface area contributed by atoms with E-state index in [1.807, 2.05) is 0 Å². The molecule has 3 heterocycles. The van der Waals surface area contributed by atoms with Crippen LogP contribution >= 0.6 is 0 Å². The third-order valence-corrected chi connectivity index (χ3v) is 21.7. The number of halogens is 8. The number of aryl methyl sites for hydroxylation is 1. The molecule has 33 heteroatoms. The molecule has 12 amide bonds. The normalized spacial score (nSPS) is 26.1. The summed E-state index contributed by atoms with van der Waals surface area (Å²) in [6, 6.07) is -7.32. The third-order valence-electron chi connectivity index (χ3n) is 21.7. The Balaban J connectivity index is 1.35. The first-order valence-electron chi connectivity index (χ1n) is 36.8. The largest absolute Gasteiger partial charge is 0.422 e. The molecule has 25 nitrogen and oxygen atoms in total. The minimum atomic E-state index is -5.46. The van der Waals surface area contributed by atoms with Gasteiger partial charge in [0, 0.05) is 88.9 Å². The lowest BCUT2D eigenvalue weighted by Gasteiger charge is -2.46. The number of likely N-dealkylation sites (N-methyl/N-ethyl adjacent to an activating group) is 7. The van der Waals surface area contributed by atoms with Crippen molar-refractivity contribution in [2.24, 2.45) is 17.8 Å². The molecule has 108 heavy (non-hydrogen) atoms. The molecule has 1 spiro atoms. The van der Waals surface area contributed by atoms with Crippen molar-refractivity contribution in [1.82, 2.24) is 60.0 Å². The highest BCUT2D eigenvalue weighted by Gasteiger charge is 2.54. The van der Waals surface area contributed by atoms with Crippen molar-refractivity contribution in [3.63, 3.8) is 0 Å². The fraction of sp³-hybridized carbons (Fsp3) is 0.653. The lowest BCUT2D eigenvalue weighted by molar-refractivity contribution is -0.158. The van der Waals surface area contributed by atoms with E-state index in [0.717, 1.165) is 65.6 Å². The number of benzene rings is 2. The molecule has 598 valence electrons. The van der Waals surface area contributed by atoms with Crippen LogP contribution in [0.4, 0.5) is 35.1 Å². The number of nitrogens with zero attached hydrogens (tertiary/aromatic N) is 9. The molecule has 2 bridgehead atoms. The van der Waals surface area contributed by atoms with Crippen LogP contribution in [-0.2, 0) is 87.5 Å². The van der Waals surface area contributed by atoms with E-state index in [2.05, 4.69) is 16.0 Å². The van der Waals surface area contributed by atoms with Crippen LogP contribution in [0.5, 0.6) is 0 Å². The maximum Gasteiger partial charge on any atom is 0.422 e. The van der Waals surface area contributed by atoms with Crippen LogP contribution in [0.15, 0.2) is 48.6 Å². The number of amides is 12. The Labute approximate surface area is 625 Å². The average molecular weight is 1530 g/mol. The fourth-order valence-corrected chi connectivity index (χ4v) is 15.0. The molecule has 0 radical (unpaired) electrons. The van der Waals surface area contributed by atoms with Gasteiger partial charge in [0.25, 0.3) is 0 Å². The number of alkyl halides is 6. The van der Waals surface area contributed by atoms with E-state index in [1.54, 1.807) is 46.8 Å². The molecule has 4 fully saturated rings. The zero-order valence-electron chi connectivity index (χ0n) is 63.8. The predicted octanol–water partition coefficient (Wildman–Crippen LogP) is 5.74. The van der Waals surface area contributed by atoms with Crippen molar-refractivity contribution in [3.05, 3.63) is 82.4 Å². The van der Waals surface area contributed by atoms with E-state index in [0.29, 0.717) is 50.7 Å². The summed E-state index contributed by atoms with van der Waals surface area (Å²) < 4.78 is 120. The maximum atomic E-state index is 15.5. The lowest BCUT2D eigenvalue weighted by atomic mass is 9.74. The molecule has 2 saturated carbocycles. The summed E-state index contributed by atoms with van der Waals surface area (Å²) in [5.41, 5.74) is -5.25. The number of hydrogen-bond acceptors (Lipinski definition) is 13. The van der Waals surface area contributed by atoms with E-state index in [9.17, 15) is 55.1 Å². The Bertz CT molecular complexity index is 3640. The van der Waals surface area contributed by atoms with Crippen LogP contribution < -0.4 is 16.0 Å². The van der Waals surface area contributed by atoms with Gasteiger partial charge in [-0.15, -0.1) is 0 Å². The van der Waals surface area contributed by atoms with Gasteiger partial charge in [-0.1, -0.05) is 71.2 Å². The second kappa shape index (κ2) is 36.6. The van der Waals surface area contributed by atoms with Gasteiger partial charge in [0.2, 0.25) is 70.9 Å². The van der Waals surface area contributed by atoms with Crippen LogP contribution in [0.1, 0.15) is 147 Å². The Kier molecular flexibility index (Phi) is 29.3. The van der Waals surface area contributed by atoms with Crippen molar-refractivity contribution in [1.29, 1.82) is 0 Å². The summed E-state index contributed by atoms with van der Waals surface area (Å²) in [6.45, 7) is 6.52. The summed E-state index contributed by atoms with van der Waals surface area (Å²) in [4.78, 5) is 190. The van der Waals surface area contributed by atoms with Crippen molar-refractivity contribution in [2.45, 2.75) is 210 Å². The highest BCUT2D eigenvalue weighted by molar-refractivity contribution is 6.01. The number of carbonyl (C=O) groups is 12. The fourth-order valence-electron chi connectivity index (χ4n) is 15.0. The highest BCUT2D eigenvalue weighted by atomic mass is 19.4. The second-order valence-electron chi connectivity index (χ2n) is 30.0. The van der Waals surface area contributed by atoms with Crippen molar-refractivity contribution in [3.8, 4) is 0 Å². The Morgan fingerprint density at radius 1 is 0.667 bits per heavy atom. The van der Waals surface area contributed by atoms with Gasteiger partial charge in [-0.05, 0) is 124 Å². The molecule has 0 aromatic heterocycles. The van der Waals surface area contributed by atoms with Crippen molar-refractivity contribution in [2.75, 3.05) is 89.2 Å². The van der Waals surface area contributed by atoms with Crippen LogP contribution in [0, 0.1) is 29.4 Å². The van der Waals surface area contributed by atoms with Crippen LogP contribution in [0.3, 0.4) is 0 Å². The molecule has 7 rings (SSSR count). The second-order valence-corrected chi connectivity index (χ2v) is 30.0. The first kappa shape index (κ1) is 86.5. The Morgan fingerprint density at radius 2 is 1.29 bits per heavy atom. The lowest BCUT2D eigenvalue weighted by Crippen LogP contribution is -2.68. The van der Waals surface area contributed by atoms with Crippen molar-refractivity contribution < 1.29 is 97.4 Å². The van der Waals surface area contributed by atoms with E-state index in [1.165, 1.54) is 59.1 Å². The number of hydrogen-bond donors (Lipinski definition) is 3. The number of carbonyl (C=O) groups excluding carboxylic acids is 12. The first-order chi connectivity index (χ1) is 50.6. The Hall–Kier alpha value is -8.78. The molecule has 2 saturated heterocycles. The van der Waals surface area contributed by atoms with E-state index < -0.39 is 222 Å². The molecule has 2 aromatic rings. The van der Waals surface area contributed by atoms with Crippen LogP contribution in [-0.4, -0.2) is 264 Å². The summed E-state index contributed by atoms with van der Waals surface area (Å²) in [5, 5.41) is 8.26. The van der Waals surface area contributed by atoms with Gasteiger partial charge in [-0.3, -0.25) is 57.5 Å². The number of rotatable bonds is 13. The minimum absolute atomic E-state index is 0.0339. The van der Waals surface area contributed by atoms with Gasteiger partial charge in [0.05, 0.1) is 31.2 Å². The molecule has 0 unspecified atom stereocenters. The zero-order valence-corrected chi connectivity index (χ0v) is 63.8. The summed E-state index contributed by atoms with van der Waals surface area (Å²) >= 11 is 0. The molecule has 3 aliphatic heterocycles. The van der Waals surface area contributed by atoms with Crippen LogP contribution in [0.25, 0.3) is 0 Å². The summed E-state index contributed by atoms with van der Waals surface area (Å²) in [6.07, 6.45) is -7.45. The maximum absolute atomic E-state index is 15.5. The average Bonchev–Trinajstić information content (AvgIpc) is 1.18. The minimum Gasteiger partial charge on any atom is -0.377 e. The van der Waals surface area contributed by atoms with E-state index in [-0.39, 0.29) is 69.7 Å².